The summed E-state index contributed by atoms with van der Waals surface area (Å²) in [6, 6.07) is 0. The fraction of sp³-hybridized carbons (Fsp3) is 0.778. The van der Waals surface area contributed by atoms with Crippen LogP contribution >= 0.6 is 0 Å². The van der Waals surface area contributed by atoms with Crippen molar-refractivity contribution in [2.75, 3.05) is 0 Å². The van der Waals surface area contributed by atoms with Crippen molar-refractivity contribution in [1.29, 1.82) is 0 Å². The van der Waals surface area contributed by atoms with Crippen molar-refractivity contribution >= 4 is 0 Å². The zero-order valence-electron chi connectivity index (χ0n) is 6.57. The fourth-order valence-electron chi connectivity index (χ4n) is 1.63. The molecule has 58 valence electrons. The molecule has 0 aromatic heterocycles. The first kappa shape index (κ1) is 7.77. The summed E-state index contributed by atoms with van der Waals surface area (Å²) < 4.78 is 12.3. The zero-order valence-corrected chi connectivity index (χ0v) is 6.57. The standard InChI is InChI=1S/C9H15F/c1-8(10)7-9-5-3-2-4-6-9/h7,9H,2-6H2,1H3/b8-7+. The molecule has 1 aliphatic rings. The van der Waals surface area contributed by atoms with Gasteiger partial charge in [0.1, 0.15) is 0 Å². The van der Waals surface area contributed by atoms with E-state index in [1.54, 1.807) is 6.08 Å². The SMILES string of the molecule is C/C(F)=C\C1CCCCC1. The van der Waals surface area contributed by atoms with Gasteiger partial charge in [0.25, 0.3) is 0 Å². The lowest BCUT2D eigenvalue weighted by molar-refractivity contribution is 0.412. The average Bonchev–Trinajstić information content (AvgIpc) is 1.88. The maximum Gasteiger partial charge on any atom is 0.0931 e. The lowest BCUT2D eigenvalue weighted by Gasteiger charge is -2.17. The summed E-state index contributed by atoms with van der Waals surface area (Å²) >= 11 is 0. The maximum absolute atomic E-state index is 12.3. The molecule has 0 aromatic rings. The smallest absolute Gasteiger partial charge is 0.0931 e. The summed E-state index contributed by atoms with van der Waals surface area (Å²) in [7, 11) is 0. The van der Waals surface area contributed by atoms with Crippen LogP contribution in [-0.4, -0.2) is 0 Å². The van der Waals surface area contributed by atoms with E-state index in [4.69, 9.17) is 0 Å². The van der Waals surface area contributed by atoms with Crippen LogP contribution in [0, 0.1) is 5.92 Å². The van der Waals surface area contributed by atoms with Gasteiger partial charge in [0, 0.05) is 0 Å². The second-order valence-electron chi connectivity index (χ2n) is 3.15. The highest BCUT2D eigenvalue weighted by Crippen LogP contribution is 2.25. The van der Waals surface area contributed by atoms with Crippen LogP contribution in [0.1, 0.15) is 39.0 Å². The molecule has 0 atom stereocenters. The molecular formula is C9H15F. The molecule has 0 amide bonds. The van der Waals surface area contributed by atoms with Crippen LogP contribution in [0.5, 0.6) is 0 Å². The zero-order chi connectivity index (χ0) is 7.40. The number of halogens is 1. The first-order chi connectivity index (χ1) is 4.79. The minimum atomic E-state index is -0.00750. The summed E-state index contributed by atoms with van der Waals surface area (Å²) in [5.41, 5.74) is 0. The molecule has 0 aliphatic heterocycles. The van der Waals surface area contributed by atoms with E-state index in [2.05, 4.69) is 0 Å². The second-order valence-corrected chi connectivity index (χ2v) is 3.15. The van der Waals surface area contributed by atoms with Crippen LogP contribution in [0.4, 0.5) is 4.39 Å². The predicted octanol–water partition coefficient (Wildman–Crippen LogP) is 3.44. The molecule has 0 unspecified atom stereocenters. The van der Waals surface area contributed by atoms with E-state index in [0.717, 1.165) is 0 Å². The van der Waals surface area contributed by atoms with E-state index in [9.17, 15) is 4.39 Å². The number of allylic oxidation sites excluding steroid dienone is 2. The third kappa shape index (κ3) is 2.51. The third-order valence-corrected chi connectivity index (χ3v) is 2.12. The third-order valence-electron chi connectivity index (χ3n) is 2.12. The van der Waals surface area contributed by atoms with Crippen LogP contribution in [0.3, 0.4) is 0 Å². The Kier molecular flexibility index (Phi) is 2.91. The topological polar surface area (TPSA) is 0 Å². The average molecular weight is 142 g/mol. The number of hydrogen-bond donors (Lipinski definition) is 0. The molecule has 0 saturated heterocycles. The summed E-state index contributed by atoms with van der Waals surface area (Å²) in [5.74, 6) is 0.533. The van der Waals surface area contributed by atoms with Crippen molar-refractivity contribution in [2.24, 2.45) is 5.92 Å². The second kappa shape index (κ2) is 3.75. The Bertz CT molecular complexity index is 117. The lowest BCUT2D eigenvalue weighted by Crippen LogP contribution is -2.02. The molecule has 1 fully saturated rings. The molecule has 0 spiro atoms. The Labute approximate surface area is 62.1 Å². The molecule has 0 bridgehead atoms. The summed E-state index contributed by atoms with van der Waals surface area (Å²) in [5, 5.41) is 0. The van der Waals surface area contributed by atoms with Crippen LogP contribution in [0.15, 0.2) is 11.9 Å². The Morgan fingerprint density at radius 1 is 1.30 bits per heavy atom. The highest BCUT2D eigenvalue weighted by Gasteiger charge is 2.10. The molecule has 1 aliphatic carbocycles. The Morgan fingerprint density at radius 3 is 2.40 bits per heavy atom. The van der Waals surface area contributed by atoms with Gasteiger partial charge in [-0.3, -0.25) is 0 Å². The number of rotatable bonds is 1. The Balaban J connectivity index is 2.33. The molecule has 0 heterocycles. The van der Waals surface area contributed by atoms with Crippen LogP contribution in [0.2, 0.25) is 0 Å². The van der Waals surface area contributed by atoms with Crippen molar-refractivity contribution in [3.63, 3.8) is 0 Å². The van der Waals surface area contributed by atoms with Gasteiger partial charge in [0.05, 0.1) is 5.83 Å². The van der Waals surface area contributed by atoms with Gasteiger partial charge in [0.15, 0.2) is 0 Å². The van der Waals surface area contributed by atoms with Crippen molar-refractivity contribution in [1.82, 2.24) is 0 Å². The molecule has 1 heteroatoms. The van der Waals surface area contributed by atoms with Gasteiger partial charge < -0.3 is 0 Å². The molecule has 0 radical (unpaired) electrons. The normalized spacial score (nSPS) is 23.2. The lowest BCUT2D eigenvalue weighted by atomic mass is 9.89. The monoisotopic (exact) mass is 142 g/mol. The van der Waals surface area contributed by atoms with Gasteiger partial charge in [0.2, 0.25) is 0 Å². The maximum atomic E-state index is 12.3. The fourth-order valence-corrected chi connectivity index (χ4v) is 1.63. The van der Waals surface area contributed by atoms with E-state index in [0.29, 0.717) is 5.92 Å². The molecule has 0 aromatic carbocycles. The van der Waals surface area contributed by atoms with E-state index < -0.39 is 0 Å². The van der Waals surface area contributed by atoms with Crippen molar-refractivity contribution in [3.05, 3.63) is 11.9 Å². The molecule has 10 heavy (non-hydrogen) atoms. The van der Waals surface area contributed by atoms with Gasteiger partial charge in [-0.2, -0.15) is 0 Å². The minimum Gasteiger partial charge on any atom is -0.212 e. The van der Waals surface area contributed by atoms with E-state index in [-0.39, 0.29) is 5.83 Å². The Hall–Kier alpha value is -0.330. The Morgan fingerprint density at radius 2 is 1.90 bits per heavy atom. The van der Waals surface area contributed by atoms with E-state index in [1.165, 1.54) is 39.0 Å². The van der Waals surface area contributed by atoms with E-state index >= 15 is 0 Å². The van der Waals surface area contributed by atoms with Crippen molar-refractivity contribution in [2.45, 2.75) is 39.0 Å². The molecule has 0 N–H and O–H groups in total. The van der Waals surface area contributed by atoms with Gasteiger partial charge in [-0.25, -0.2) is 4.39 Å². The summed E-state index contributed by atoms with van der Waals surface area (Å²) in [4.78, 5) is 0. The molecule has 0 nitrogen and oxygen atoms in total. The molecular weight excluding hydrogens is 127 g/mol. The molecule has 1 rings (SSSR count). The first-order valence-electron chi connectivity index (χ1n) is 4.13. The van der Waals surface area contributed by atoms with Crippen LogP contribution in [0.25, 0.3) is 0 Å². The van der Waals surface area contributed by atoms with Gasteiger partial charge >= 0.3 is 0 Å². The van der Waals surface area contributed by atoms with Gasteiger partial charge in [-0.1, -0.05) is 25.3 Å². The van der Waals surface area contributed by atoms with Crippen molar-refractivity contribution in [3.8, 4) is 0 Å². The summed E-state index contributed by atoms with van der Waals surface area (Å²) in [6.07, 6.45) is 8.08. The number of hydrogen-bond acceptors (Lipinski definition) is 0. The van der Waals surface area contributed by atoms with Crippen LogP contribution < -0.4 is 0 Å². The van der Waals surface area contributed by atoms with Gasteiger partial charge in [-0.15, -0.1) is 0 Å². The molecule has 1 saturated carbocycles. The van der Waals surface area contributed by atoms with E-state index in [1.807, 2.05) is 0 Å². The minimum absolute atomic E-state index is 0.00750. The quantitative estimate of drug-likeness (QED) is 0.526. The highest BCUT2D eigenvalue weighted by atomic mass is 19.1. The summed E-state index contributed by atoms with van der Waals surface area (Å²) in [6.45, 7) is 1.54. The highest BCUT2D eigenvalue weighted by molar-refractivity contribution is 4.93. The van der Waals surface area contributed by atoms with Crippen molar-refractivity contribution < 1.29 is 4.39 Å². The first-order valence-corrected chi connectivity index (χ1v) is 4.13. The van der Waals surface area contributed by atoms with Gasteiger partial charge in [-0.05, 0) is 25.7 Å². The largest absolute Gasteiger partial charge is 0.212 e. The predicted molar refractivity (Wildman–Crippen MR) is 41.4 cm³/mol. The van der Waals surface area contributed by atoms with Crippen LogP contribution in [-0.2, 0) is 0 Å².